The second-order valence-corrected chi connectivity index (χ2v) is 4.99. The van der Waals surface area contributed by atoms with E-state index < -0.39 is 35.9 Å². The lowest BCUT2D eigenvalue weighted by Gasteiger charge is -2.36. The monoisotopic (exact) mass is 378 g/mol. The van der Waals surface area contributed by atoms with Crippen molar-refractivity contribution < 1.29 is 28.5 Å². The van der Waals surface area contributed by atoms with Crippen LogP contribution in [0.2, 0.25) is 0 Å². The average molecular weight is 379 g/mol. The molecule has 0 unspecified atom stereocenters. The fourth-order valence-electron chi connectivity index (χ4n) is 2.50. The fourth-order valence-corrected chi connectivity index (χ4v) is 2.50. The van der Waals surface area contributed by atoms with Crippen LogP contribution < -0.4 is 5.32 Å². The highest BCUT2D eigenvalue weighted by Gasteiger charge is 2.37. The topological polar surface area (TPSA) is 76.0 Å². The molecule has 1 fully saturated rings. The number of hydrogen-bond acceptors (Lipinski definition) is 5. The van der Waals surface area contributed by atoms with Gasteiger partial charge in [0.1, 0.15) is 0 Å². The number of halogens is 5. The van der Waals surface area contributed by atoms with E-state index in [4.69, 9.17) is 0 Å². The van der Waals surface area contributed by atoms with Crippen molar-refractivity contribution in [3.8, 4) is 17.2 Å². The molecule has 1 atom stereocenters. The lowest BCUT2D eigenvalue weighted by Crippen LogP contribution is -2.46. The number of nitrogens with zero attached hydrogens (tertiary/aromatic N) is 1. The Bertz CT molecular complexity index is 512. The zero-order valence-electron chi connectivity index (χ0n) is 12.0. The Hall–Kier alpha value is -1.09. The number of piperazine rings is 1. The summed E-state index contributed by atoms with van der Waals surface area (Å²) in [6.07, 6.45) is -5.54. The summed E-state index contributed by atoms with van der Waals surface area (Å²) in [5.41, 5.74) is -0.0375. The predicted octanol–water partition coefficient (Wildman–Crippen LogP) is 2.55. The minimum absolute atomic E-state index is 0. The number of rotatable bonds is 3. The Labute approximate surface area is 143 Å². The van der Waals surface area contributed by atoms with Gasteiger partial charge in [-0.15, -0.1) is 24.8 Å². The molecule has 10 heteroatoms. The van der Waals surface area contributed by atoms with Crippen LogP contribution in [-0.4, -0.2) is 52.6 Å². The van der Waals surface area contributed by atoms with Gasteiger partial charge >= 0.3 is 6.18 Å². The highest BCUT2D eigenvalue weighted by molar-refractivity contribution is 5.85. The molecule has 0 aliphatic carbocycles. The van der Waals surface area contributed by atoms with Crippen LogP contribution in [0.3, 0.4) is 0 Å². The molecule has 1 heterocycles. The van der Waals surface area contributed by atoms with Gasteiger partial charge in [-0.2, -0.15) is 13.2 Å². The van der Waals surface area contributed by atoms with Crippen LogP contribution in [0.1, 0.15) is 18.0 Å². The zero-order chi connectivity index (χ0) is 15.6. The Morgan fingerprint density at radius 1 is 1.04 bits per heavy atom. The summed E-state index contributed by atoms with van der Waals surface area (Å²) in [5, 5.41) is 31.7. The summed E-state index contributed by atoms with van der Waals surface area (Å²) in [6.45, 7) is 1.92. The Kier molecular flexibility index (Phi) is 8.26. The third kappa shape index (κ3) is 5.49. The van der Waals surface area contributed by atoms with Crippen LogP contribution in [0.15, 0.2) is 12.1 Å². The van der Waals surface area contributed by atoms with Gasteiger partial charge < -0.3 is 20.6 Å². The van der Waals surface area contributed by atoms with Crippen molar-refractivity contribution in [3.63, 3.8) is 0 Å². The number of phenolic OH excluding ortho intramolecular Hbond substituents is 3. The standard InChI is InChI=1S/C13H17F3N2O3.2ClH/c14-13(15,16)7-9(18-5-3-17-4-6-18)8-1-2-10(19)12(21)11(8)20;;/h1-2,9,17,19-21H,3-7H2;2*1H/t9-;;/m0../s1. The van der Waals surface area contributed by atoms with Gasteiger partial charge in [-0.25, -0.2) is 0 Å². The molecule has 4 N–H and O–H groups in total. The van der Waals surface area contributed by atoms with Crippen molar-refractivity contribution >= 4 is 24.8 Å². The maximum Gasteiger partial charge on any atom is 0.390 e. The quantitative estimate of drug-likeness (QED) is 0.608. The van der Waals surface area contributed by atoms with E-state index >= 15 is 0 Å². The van der Waals surface area contributed by atoms with Crippen LogP contribution in [0, 0.1) is 0 Å². The van der Waals surface area contributed by atoms with Gasteiger partial charge in [0.15, 0.2) is 11.5 Å². The molecule has 1 aromatic carbocycles. The first kappa shape index (κ1) is 21.9. The molecule has 5 nitrogen and oxygen atoms in total. The number of hydrogen-bond donors (Lipinski definition) is 4. The molecular formula is C13H19Cl2F3N2O3. The molecule has 2 rings (SSSR count). The van der Waals surface area contributed by atoms with Gasteiger partial charge in [0, 0.05) is 37.8 Å². The molecular weight excluding hydrogens is 360 g/mol. The first-order chi connectivity index (χ1) is 9.79. The summed E-state index contributed by atoms with van der Waals surface area (Å²) >= 11 is 0. The van der Waals surface area contributed by atoms with Gasteiger partial charge in [-0.05, 0) is 12.1 Å². The molecule has 0 spiro atoms. The molecule has 1 saturated heterocycles. The minimum atomic E-state index is -4.41. The fraction of sp³-hybridized carbons (Fsp3) is 0.538. The van der Waals surface area contributed by atoms with Gasteiger partial charge in [-0.1, -0.05) is 0 Å². The maximum absolute atomic E-state index is 12.8. The van der Waals surface area contributed by atoms with E-state index in [0.717, 1.165) is 6.07 Å². The summed E-state index contributed by atoms with van der Waals surface area (Å²) in [5.74, 6) is -2.07. The minimum Gasteiger partial charge on any atom is -0.504 e. The van der Waals surface area contributed by atoms with Crippen molar-refractivity contribution in [1.29, 1.82) is 0 Å². The van der Waals surface area contributed by atoms with Gasteiger partial charge in [0.05, 0.1) is 6.42 Å². The van der Waals surface area contributed by atoms with Gasteiger partial charge in [-0.3, -0.25) is 4.90 Å². The largest absolute Gasteiger partial charge is 0.504 e. The molecule has 0 aromatic heterocycles. The van der Waals surface area contributed by atoms with Gasteiger partial charge in [0.25, 0.3) is 0 Å². The number of nitrogens with one attached hydrogen (secondary N) is 1. The van der Waals surface area contributed by atoms with Crippen LogP contribution in [0.5, 0.6) is 17.2 Å². The van der Waals surface area contributed by atoms with E-state index in [2.05, 4.69) is 5.32 Å². The first-order valence-corrected chi connectivity index (χ1v) is 6.55. The van der Waals surface area contributed by atoms with E-state index in [1.165, 1.54) is 6.07 Å². The van der Waals surface area contributed by atoms with Crippen LogP contribution in [-0.2, 0) is 0 Å². The molecule has 0 radical (unpaired) electrons. The Morgan fingerprint density at radius 3 is 2.13 bits per heavy atom. The molecule has 1 aromatic rings. The summed E-state index contributed by atoms with van der Waals surface area (Å²) in [6, 6.07) is 1.19. The van der Waals surface area contributed by atoms with Crippen molar-refractivity contribution in [2.75, 3.05) is 26.2 Å². The third-order valence-corrected chi connectivity index (χ3v) is 3.54. The van der Waals surface area contributed by atoms with Crippen LogP contribution in [0.4, 0.5) is 13.2 Å². The summed E-state index contributed by atoms with van der Waals surface area (Å²) in [7, 11) is 0. The van der Waals surface area contributed by atoms with Crippen molar-refractivity contribution in [1.82, 2.24) is 10.2 Å². The first-order valence-electron chi connectivity index (χ1n) is 6.55. The highest BCUT2D eigenvalue weighted by Crippen LogP contribution is 2.44. The number of alkyl halides is 3. The normalized spacial score (nSPS) is 17.0. The van der Waals surface area contributed by atoms with Gasteiger partial charge in [0.2, 0.25) is 5.75 Å². The summed E-state index contributed by atoms with van der Waals surface area (Å²) < 4.78 is 38.5. The van der Waals surface area contributed by atoms with E-state index in [0.29, 0.717) is 26.2 Å². The van der Waals surface area contributed by atoms with Crippen molar-refractivity contribution in [2.24, 2.45) is 0 Å². The lowest BCUT2D eigenvalue weighted by molar-refractivity contribution is -0.148. The van der Waals surface area contributed by atoms with E-state index in [1.807, 2.05) is 0 Å². The molecule has 0 saturated carbocycles. The van der Waals surface area contributed by atoms with Crippen LogP contribution in [0.25, 0.3) is 0 Å². The third-order valence-electron chi connectivity index (χ3n) is 3.54. The number of phenols is 3. The summed E-state index contributed by atoms with van der Waals surface area (Å²) in [4.78, 5) is 1.61. The molecule has 1 aliphatic heterocycles. The Morgan fingerprint density at radius 2 is 1.61 bits per heavy atom. The molecule has 23 heavy (non-hydrogen) atoms. The highest BCUT2D eigenvalue weighted by atomic mass is 35.5. The smallest absolute Gasteiger partial charge is 0.390 e. The number of aromatic hydroxyl groups is 3. The molecule has 134 valence electrons. The predicted molar refractivity (Wildman–Crippen MR) is 83.8 cm³/mol. The average Bonchev–Trinajstić information content (AvgIpc) is 2.43. The van der Waals surface area contributed by atoms with Crippen LogP contribution >= 0.6 is 24.8 Å². The lowest BCUT2D eigenvalue weighted by atomic mass is 9.99. The Balaban J connectivity index is 0.00000242. The number of benzene rings is 1. The molecule has 1 aliphatic rings. The van der Waals surface area contributed by atoms with Crippen molar-refractivity contribution in [3.05, 3.63) is 17.7 Å². The van der Waals surface area contributed by atoms with E-state index in [-0.39, 0.29) is 30.4 Å². The zero-order valence-corrected chi connectivity index (χ0v) is 13.6. The van der Waals surface area contributed by atoms with E-state index in [1.54, 1.807) is 4.90 Å². The van der Waals surface area contributed by atoms with Crippen molar-refractivity contribution in [2.45, 2.75) is 18.6 Å². The molecule has 0 bridgehead atoms. The second-order valence-electron chi connectivity index (χ2n) is 4.99. The SMILES string of the molecule is Cl.Cl.Oc1ccc([C@H](CC(F)(F)F)N2CCNCC2)c(O)c1O. The van der Waals surface area contributed by atoms with E-state index in [9.17, 15) is 28.5 Å². The maximum atomic E-state index is 12.8. The second kappa shape index (κ2) is 8.68. The molecule has 0 amide bonds.